The monoisotopic (exact) mass is 309 g/mol. The Balaban J connectivity index is 1.55. The minimum absolute atomic E-state index is 0.0433. The van der Waals surface area contributed by atoms with Crippen molar-refractivity contribution in [3.8, 4) is 0 Å². The minimum Gasteiger partial charge on any atom is -0.355 e. The molecule has 1 aromatic heterocycles. The molecule has 1 aliphatic heterocycles. The molecule has 0 bridgehead atoms. The Hall–Kier alpha value is -1.40. The van der Waals surface area contributed by atoms with Gasteiger partial charge in [0.15, 0.2) is 0 Å². The number of nitrogens with one attached hydrogen (secondary N) is 1. The third kappa shape index (κ3) is 5.47. The molecule has 0 saturated carbocycles. The summed E-state index contributed by atoms with van der Waals surface area (Å²) >= 11 is 1.70. The fourth-order valence-electron chi connectivity index (χ4n) is 2.46. The number of carbonyl (C=O) groups is 2. The maximum Gasteiger partial charge on any atom is 0.234 e. The summed E-state index contributed by atoms with van der Waals surface area (Å²) in [7, 11) is 1.95. The number of nitrogens with zero attached hydrogens (tertiary/aromatic N) is 2. The van der Waals surface area contributed by atoms with E-state index in [1.807, 2.05) is 28.3 Å². The van der Waals surface area contributed by atoms with Gasteiger partial charge < -0.3 is 10.2 Å². The zero-order valence-corrected chi connectivity index (χ0v) is 13.3. The van der Waals surface area contributed by atoms with Crippen LogP contribution in [0.3, 0.4) is 0 Å². The van der Waals surface area contributed by atoms with Crippen molar-refractivity contribution in [2.45, 2.75) is 25.8 Å². The number of likely N-dealkylation sites (N-methyl/N-ethyl adjacent to an activating group) is 1. The summed E-state index contributed by atoms with van der Waals surface area (Å²) in [6.07, 6.45) is 2.48. The van der Waals surface area contributed by atoms with E-state index in [0.29, 0.717) is 19.5 Å². The predicted octanol–water partition coefficient (Wildman–Crippen LogP) is 1.31. The van der Waals surface area contributed by atoms with E-state index in [1.54, 1.807) is 11.3 Å². The Kier molecular flexibility index (Phi) is 6.20. The van der Waals surface area contributed by atoms with Gasteiger partial charge >= 0.3 is 0 Å². The van der Waals surface area contributed by atoms with Crippen molar-refractivity contribution in [2.75, 3.05) is 33.2 Å². The van der Waals surface area contributed by atoms with Gasteiger partial charge in [-0.25, -0.2) is 0 Å². The van der Waals surface area contributed by atoms with Gasteiger partial charge in [0.2, 0.25) is 11.8 Å². The van der Waals surface area contributed by atoms with Gasteiger partial charge in [-0.05, 0) is 31.3 Å². The van der Waals surface area contributed by atoms with Gasteiger partial charge in [-0.2, -0.15) is 0 Å². The summed E-state index contributed by atoms with van der Waals surface area (Å²) in [5.74, 6) is 0.291. The zero-order chi connectivity index (χ0) is 15.1. The summed E-state index contributed by atoms with van der Waals surface area (Å²) in [6, 6.07) is 4.10. The fourth-order valence-corrected chi connectivity index (χ4v) is 3.25. The van der Waals surface area contributed by atoms with Gasteiger partial charge in [0.05, 0.1) is 6.54 Å². The molecule has 0 aliphatic carbocycles. The first-order valence-corrected chi connectivity index (χ1v) is 8.28. The molecule has 1 N–H and O–H groups in total. The first-order valence-electron chi connectivity index (χ1n) is 7.40. The second kappa shape index (κ2) is 8.14. The maximum atomic E-state index is 11.8. The first kappa shape index (κ1) is 16.0. The molecule has 6 heteroatoms. The molecular formula is C15H23N3O2S. The van der Waals surface area contributed by atoms with Gasteiger partial charge in [-0.3, -0.25) is 14.5 Å². The molecule has 1 saturated heterocycles. The van der Waals surface area contributed by atoms with Crippen LogP contribution in [0.5, 0.6) is 0 Å². The molecule has 1 aliphatic rings. The van der Waals surface area contributed by atoms with Crippen LogP contribution in [-0.4, -0.2) is 54.8 Å². The molecule has 116 valence electrons. The molecule has 1 aromatic rings. The molecule has 2 heterocycles. The van der Waals surface area contributed by atoms with E-state index in [0.717, 1.165) is 32.5 Å². The summed E-state index contributed by atoms with van der Waals surface area (Å²) in [4.78, 5) is 28.4. The third-order valence-corrected chi connectivity index (χ3v) is 4.38. The van der Waals surface area contributed by atoms with Gasteiger partial charge in [0.25, 0.3) is 0 Å². The summed E-state index contributed by atoms with van der Waals surface area (Å²) in [5.41, 5.74) is 0. The van der Waals surface area contributed by atoms with Crippen LogP contribution in [0.4, 0.5) is 0 Å². The van der Waals surface area contributed by atoms with E-state index < -0.39 is 0 Å². The first-order chi connectivity index (χ1) is 10.1. The van der Waals surface area contributed by atoms with Crippen molar-refractivity contribution in [1.82, 2.24) is 15.1 Å². The van der Waals surface area contributed by atoms with Crippen LogP contribution >= 0.6 is 11.3 Å². The number of hydrogen-bond donors (Lipinski definition) is 1. The second-order valence-corrected chi connectivity index (χ2v) is 6.47. The number of carbonyl (C=O) groups excluding carboxylic acids is 2. The molecule has 1 fully saturated rings. The lowest BCUT2D eigenvalue weighted by Gasteiger charge is -2.17. The number of hydrogen-bond acceptors (Lipinski definition) is 4. The van der Waals surface area contributed by atoms with Crippen LogP contribution < -0.4 is 5.32 Å². The molecular weight excluding hydrogens is 286 g/mol. The van der Waals surface area contributed by atoms with Crippen LogP contribution in [-0.2, 0) is 16.1 Å². The molecule has 0 unspecified atom stereocenters. The smallest absolute Gasteiger partial charge is 0.234 e. The number of likely N-dealkylation sites (tertiary alicyclic amines) is 1. The lowest BCUT2D eigenvalue weighted by molar-refractivity contribution is -0.127. The number of thiophene rings is 1. The van der Waals surface area contributed by atoms with Crippen molar-refractivity contribution >= 4 is 23.2 Å². The van der Waals surface area contributed by atoms with Crippen molar-refractivity contribution in [3.05, 3.63) is 22.4 Å². The Morgan fingerprint density at radius 3 is 3.05 bits per heavy atom. The van der Waals surface area contributed by atoms with Crippen molar-refractivity contribution in [1.29, 1.82) is 0 Å². The normalized spacial score (nSPS) is 15.0. The highest BCUT2D eigenvalue weighted by atomic mass is 32.1. The molecule has 0 atom stereocenters. The highest BCUT2D eigenvalue weighted by molar-refractivity contribution is 7.09. The highest BCUT2D eigenvalue weighted by Crippen LogP contribution is 2.10. The molecule has 0 spiro atoms. The third-order valence-electron chi connectivity index (χ3n) is 3.52. The molecule has 5 nitrogen and oxygen atoms in total. The molecule has 2 amide bonds. The van der Waals surface area contributed by atoms with Crippen molar-refractivity contribution in [3.63, 3.8) is 0 Å². The Bertz CT molecular complexity index is 461. The molecule has 21 heavy (non-hydrogen) atoms. The molecule has 2 rings (SSSR count). The standard InChI is InChI=1S/C15H23N3O2S/c1-17(11-13-5-3-10-21-13)12-14(19)16-7-4-9-18-8-2-6-15(18)20/h3,5,10H,2,4,6-9,11-12H2,1H3,(H,16,19). The van der Waals surface area contributed by atoms with Gasteiger partial charge in [-0.15, -0.1) is 11.3 Å². The minimum atomic E-state index is 0.0433. The maximum absolute atomic E-state index is 11.8. The Morgan fingerprint density at radius 2 is 2.38 bits per heavy atom. The van der Waals surface area contributed by atoms with Crippen molar-refractivity contribution < 1.29 is 9.59 Å². The van der Waals surface area contributed by atoms with Crippen LogP contribution in [0.1, 0.15) is 24.1 Å². The van der Waals surface area contributed by atoms with E-state index in [4.69, 9.17) is 0 Å². The summed E-state index contributed by atoms with van der Waals surface area (Å²) in [6.45, 7) is 3.46. The van der Waals surface area contributed by atoms with Gasteiger partial charge in [-0.1, -0.05) is 6.07 Å². The lowest BCUT2D eigenvalue weighted by atomic mass is 10.3. The second-order valence-electron chi connectivity index (χ2n) is 5.44. The van der Waals surface area contributed by atoms with E-state index in [9.17, 15) is 9.59 Å². The topological polar surface area (TPSA) is 52.7 Å². The van der Waals surface area contributed by atoms with Crippen molar-refractivity contribution in [2.24, 2.45) is 0 Å². The average Bonchev–Trinajstić information content (AvgIpc) is 3.07. The van der Waals surface area contributed by atoms with Crippen LogP contribution in [0, 0.1) is 0 Å². The van der Waals surface area contributed by atoms with Crippen LogP contribution in [0.25, 0.3) is 0 Å². The number of amides is 2. The zero-order valence-electron chi connectivity index (χ0n) is 12.5. The summed E-state index contributed by atoms with van der Waals surface area (Å²) < 4.78 is 0. The van der Waals surface area contributed by atoms with E-state index in [1.165, 1.54) is 4.88 Å². The lowest BCUT2D eigenvalue weighted by Crippen LogP contribution is -2.36. The van der Waals surface area contributed by atoms with Gasteiger partial charge in [0.1, 0.15) is 0 Å². The van der Waals surface area contributed by atoms with Gasteiger partial charge in [0, 0.05) is 37.5 Å². The molecule has 0 radical (unpaired) electrons. The summed E-state index contributed by atoms with van der Waals surface area (Å²) in [5, 5.41) is 4.96. The van der Waals surface area contributed by atoms with E-state index >= 15 is 0 Å². The molecule has 0 aromatic carbocycles. The Labute approximate surface area is 129 Å². The fraction of sp³-hybridized carbons (Fsp3) is 0.600. The van der Waals surface area contributed by atoms with Crippen LogP contribution in [0.2, 0.25) is 0 Å². The Morgan fingerprint density at radius 1 is 1.52 bits per heavy atom. The quantitative estimate of drug-likeness (QED) is 0.737. The average molecular weight is 309 g/mol. The largest absolute Gasteiger partial charge is 0.355 e. The van der Waals surface area contributed by atoms with E-state index in [-0.39, 0.29) is 11.8 Å². The predicted molar refractivity (Wildman–Crippen MR) is 84.1 cm³/mol. The van der Waals surface area contributed by atoms with Crippen LogP contribution in [0.15, 0.2) is 17.5 Å². The van der Waals surface area contributed by atoms with E-state index in [2.05, 4.69) is 11.4 Å². The SMILES string of the molecule is CN(CC(=O)NCCCN1CCCC1=O)Cc1cccs1. The number of rotatable bonds is 8. The highest BCUT2D eigenvalue weighted by Gasteiger charge is 2.19.